The van der Waals surface area contributed by atoms with E-state index in [9.17, 15) is 9.90 Å². The lowest BCUT2D eigenvalue weighted by Crippen LogP contribution is -2.36. The number of aliphatic carboxylic acids is 1. The van der Waals surface area contributed by atoms with E-state index in [0.717, 1.165) is 28.6 Å². The molecule has 100 valence electrons. The Morgan fingerprint density at radius 1 is 1.47 bits per heavy atom. The topological polar surface area (TPSA) is 66.6 Å². The van der Waals surface area contributed by atoms with Crippen LogP contribution in [-0.4, -0.2) is 28.6 Å². The zero-order valence-electron chi connectivity index (χ0n) is 11.0. The number of hydrogen-bond acceptors (Lipinski definition) is 4. The van der Waals surface area contributed by atoms with Crippen molar-refractivity contribution in [3.05, 3.63) is 23.3 Å². The molecule has 0 spiro atoms. The van der Waals surface area contributed by atoms with Crippen molar-refractivity contribution in [2.45, 2.75) is 32.7 Å². The maximum Gasteiger partial charge on any atom is 0.326 e. The van der Waals surface area contributed by atoms with Gasteiger partial charge in [-0.3, -0.25) is 0 Å². The van der Waals surface area contributed by atoms with Crippen LogP contribution in [0.5, 0.6) is 0 Å². The Morgan fingerprint density at radius 3 is 3.00 bits per heavy atom. The smallest absolute Gasteiger partial charge is 0.326 e. The number of hydrogen-bond donors (Lipinski definition) is 1. The molecule has 1 N–H and O–H groups in total. The Balaban J connectivity index is 2.06. The van der Waals surface area contributed by atoms with Gasteiger partial charge in [0.25, 0.3) is 6.01 Å². The SMILES string of the molecule is Cc1cc(C)c2oc(N3CCCC3C(=O)O)nc2c1. The van der Waals surface area contributed by atoms with Crippen molar-refractivity contribution in [1.82, 2.24) is 4.98 Å². The number of benzene rings is 1. The quantitative estimate of drug-likeness (QED) is 0.898. The molecule has 0 aliphatic carbocycles. The Hall–Kier alpha value is -2.04. The summed E-state index contributed by atoms with van der Waals surface area (Å²) in [5.74, 6) is -0.812. The first-order valence-electron chi connectivity index (χ1n) is 6.43. The maximum absolute atomic E-state index is 11.2. The van der Waals surface area contributed by atoms with Crippen molar-refractivity contribution in [3.8, 4) is 0 Å². The normalized spacial score (nSPS) is 19.3. The fourth-order valence-corrected chi connectivity index (χ4v) is 2.74. The van der Waals surface area contributed by atoms with Gasteiger partial charge < -0.3 is 14.4 Å². The predicted octanol–water partition coefficient (Wildman–Crippen LogP) is 2.50. The van der Waals surface area contributed by atoms with Crippen molar-refractivity contribution in [3.63, 3.8) is 0 Å². The number of fused-ring (bicyclic) bond motifs is 1. The molecule has 1 aliphatic heterocycles. The summed E-state index contributed by atoms with van der Waals surface area (Å²) in [6.45, 7) is 4.67. The molecule has 0 amide bonds. The Labute approximate surface area is 110 Å². The highest BCUT2D eigenvalue weighted by Crippen LogP contribution is 2.30. The third kappa shape index (κ3) is 1.95. The first-order valence-corrected chi connectivity index (χ1v) is 6.43. The van der Waals surface area contributed by atoms with Gasteiger partial charge in [0, 0.05) is 6.54 Å². The number of anilines is 1. The molecule has 0 bridgehead atoms. The van der Waals surface area contributed by atoms with Gasteiger partial charge in [-0.05, 0) is 43.9 Å². The summed E-state index contributed by atoms with van der Waals surface area (Å²) in [5, 5.41) is 9.21. The second kappa shape index (κ2) is 4.26. The van der Waals surface area contributed by atoms with E-state index in [1.54, 1.807) is 4.90 Å². The molecule has 2 heterocycles. The van der Waals surface area contributed by atoms with Crippen molar-refractivity contribution in [2.75, 3.05) is 11.4 Å². The van der Waals surface area contributed by atoms with Gasteiger partial charge >= 0.3 is 5.97 Å². The lowest BCUT2D eigenvalue weighted by atomic mass is 10.1. The van der Waals surface area contributed by atoms with Crippen LogP contribution in [0.4, 0.5) is 6.01 Å². The first kappa shape index (κ1) is 12.0. The van der Waals surface area contributed by atoms with Gasteiger partial charge in [0.15, 0.2) is 5.58 Å². The number of aryl methyl sites for hydroxylation is 2. The third-order valence-corrected chi connectivity index (χ3v) is 3.59. The molecule has 5 nitrogen and oxygen atoms in total. The zero-order chi connectivity index (χ0) is 13.6. The molecule has 1 aromatic heterocycles. The Kier molecular flexibility index (Phi) is 2.69. The monoisotopic (exact) mass is 260 g/mol. The molecule has 1 saturated heterocycles. The van der Waals surface area contributed by atoms with E-state index in [1.165, 1.54) is 0 Å². The molecule has 3 rings (SSSR count). The number of aromatic nitrogens is 1. The van der Waals surface area contributed by atoms with Gasteiger partial charge in [0.05, 0.1) is 0 Å². The van der Waals surface area contributed by atoms with E-state index < -0.39 is 12.0 Å². The van der Waals surface area contributed by atoms with Crippen molar-refractivity contribution < 1.29 is 14.3 Å². The van der Waals surface area contributed by atoms with Crippen molar-refractivity contribution in [2.24, 2.45) is 0 Å². The number of nitrogens with zero attached hydrogens (tertiary/aromatic N) is 2. The van der Waals surface area contributed by atoms with Gasteiger partial charge in [-0.25, -0.2) is 4.79 Å². The fraction of sp³-hybridized carbons (Fsp3) is 0.429. The van der Waals surface area contributed by atoms with Crippen molar-refractivity contribution in [1.29, 1.82) is 0 Å². The largest absolute Gasteiger partial charge is 0.480 e. The predicted molar refractivity (Wildman–Crippen MR) is 71.5 cm³/mol. The third-order valence-electron chi connectivity index (χ3n) is 3.59. The van der Waals surface area contributed by atoms with Crippen LogP contribution in [0.15, 0.2) is 16.5 Å². The molecule has 0 radical (unpaired) electrons. The van der Waals surface area contributed by atoms with Crippen LogP contribution in [-0.2, 0) is 4.79 Å². The number of carbonyl (C=O) groups is 1. The fourth-order valence-electron chi connectivity index (χ4n) is 2.74. The maximum atomic E-state index is 11.2. The molecule has 19 heavy (non-hydrogen) atoms. The van der Waals surface area contributed by atoms with Crippen LogP contribution in [0.3, 0.4) is 0 Å². The van der Waals surface area contributed by atoms with Crippen LogP contribution in [0.25, 0.3) is 11.1 Å². The molecule has 5 heteroatoms. The molecule has 1 aliphatic rings. The van der Waals surface area contributed by atoms with E-state index >= 15 is 0 Å². The molecule has 1 fully saturated rings. The second-order valence-electron chi connectivity index (χ2n) is 5.12. The Bertz CT molecular complexity index is 647. The van der Waals surface area contributed by atoms with Gasteiger partial charge in [0.1, 0.15) is 11.6 Å². The first-order chi connectivity index (χ1) is 9.06. The van der Waals surface area contributed by atoms with Gasteiger partial charge in [-0.15, -0.1) is 0 Å². The molecule has 1 atom stereocenters. The average Bonchev–Trinajstić information content (AvgIpc) is 2.92. The minimum absolute atomic E-state index is 0.425. The van der Waals surface area contributed by atoms with E-state index in [2.05, 4.69) is 4.98 Å². The average molecular weight is 260 g/mol. The van der Waals surface area contributed by atoms with E-state index in [1.807, 2.05) is 26.0 Å². The summed E-state index contributed by atoms with van der Waals surface area (Å²) in [5.41, 5.74) is 3.70. The molecule has 1 unspecified atom stereocenters. The molecular formula is C14H16N2O3. The number of oxazole rings is 1. The number of rotatable bonds is 2. The van der Waals surface area contributed by atoms with Gasteiger partial charge in [-0.1, -0.05) is 6.07 Å². The van der Waals surface area contributed by atoms with Crippen LogP contribution >= 0.6 is 0 Å². The molecule has 2 aromatic rings. The number of carboxylic acids is 1. The highest BCUT2D eigenvalue weighted by atomic mass is 16.4. The van der Waals surface area contributed by atoms with Crippen LogP contribution < -0.4 is 4.90 Å². The summed E-state index contributed by atoms with van der Waals surface area (Å²) in [7, 11) is 0. The summed E-state index contributed by atoms with van der Waals surface area (Å²) in [6, 6.07) is 3.90. The number of carboxylic acid groups (broad SMARTS) is 1. The Morgan fingerprint density at radius 2 is 2.26 bits per heavy atom. The molecule has 0 saturated carbocycles. The highest BCUT2D eigenvalue weighted by molar-refractivity contribution is 5.81. The van der Waals surface area contributed by atoms with Gasteiger partial charge in [-0.2, -0.15) is 4.98 Å². The summed E-state index contributed by atoms with van der Waals surface area (Å²) >= 11 is 0. The minimum Gasteiger partial charge on any atom is -0.480 e. The minimum atomic E-state index is -0.812. The van der Waals surface area contributed by atoms with E-state index in [-0.39, 0.29) is 0 Å². The summed E-state index contributed by atoms with van der Waals surface area (Å²) < 4.78 is 5.77. The summed E-state index contributed by atoms with van der Waals surface area (Å²) in [4.78, 5) is 17.4. The highest BCUT2D eigenvalue weighted by Gasteiger charge is 2.33. The van der Waals surface area contributed by atoms with Crippen LogP contribution in [0, 0.1) is 13.8 Å². The van der Waals surface area contributed by atoms with E-state index in [4.69, 9.17) is 4.42 Å². The van der Waals surface area contributed by atoms with Crippen LogP contribution in [0.2, 0.25) is 0 Å². The zero-order valence-corrected chi connectivity index (χ0v) is 11.0. The standard InChI is InChI=1S/C14H16N2O3/c1-8-6-9(2)12-10(7-8)15-14(19-12)16-5-3-4-11(16)13(17)18/h6-7,11H,3-5H2,1-2H3,(H,17,18). The lowest BCUT2D eigenvalue weighted by molar-refractivity contribution is -0.138. The molecular weight excluding hydrogens is 244 g/mol. The summed E-state index contributed by atoms with van der Waals surface area (Å²) in [6.07, 6.45) is 1.50. The van der Waals surface area contributed by atoms with Crippen molar-refractivity contribution >= 4 is 23.1 Å². The second-order valence-corrected chi connectivity index (χ2v) is 5.12. The van der Waals surface area contributed by atoms with E-state index in [0.29, 0.717) is 19.0 Å². The molecule has 1 aromatic carbocycles. The lowest BCUT2D eigenvalue weighted by Gasteiger charge is -2.18. The van der Waals surface area contributed by atoms with Crippen LogP contribution in [0.1, 0.15) is 24.0 Å². The van der Waals surface area contributed by atoms with Gasteiger partial charge in [0.2, 0.25) is 0 Å².